The van der Waals surface area contributed by atoms with E-state index >= 15 is 0 Å². The summed E-state index contributed by atoms with van der Waals surface area (Å²) in [6, 6.07) is 13.3. The van der Waals surface area contributed by atoms with Gasteiger partial charge in [-0.25, -0.2) is 9.48 Å². The van der Waals surface area contributed by atoms with E-state index in [0.717, 1.165) is 0 Å². The second kappa shape index (κ2) is 7.92. The van der Waals surface area contributed by atoms with Gasteiger partial charge in [0.2, 0.25) is 0 Å². The summed E-state index contributed by atoms with van der Waals surface area (Å²) >= 11 is 5.88. The van der Waals surface area contributed by atoms with Crippen LogP contribution in [0.4, 0.5) is 11.5 Å². The van der Waals surface area contributed by atoms with Crippen LogP contribution in [0.25, 0.3) is 0 Å². The van der Waals surface area contributed by atoms with Crippen molar-refractivity contribution in [1.29, 1.82) is 0 Å². The van der Waals surface area contributed by atoms with Crippen LogP contribution in [0.5, 0.6) is 5.75 Å². The van der Waals surface area contributed by atoms with Crippen molar-refractivity contribution in [2.75, 3.05) is 17.7 Å². The fourth-order valence-electron chi connectivity index (χ4n) is 3.25. The van der Waals surface area contributed by atoms with Gasteiger partial charge in [-0.2, -0.15) is 5.10 Å². The number of ether oxygens (including phenoxy) is 1. The van der Waals surface area contributed by atoms with Gasteiger partial charge in [0.05, 0.1) is 13.3 Å². The van der Waals surface area contributed by atoms with E-state index in [1.165, 1.54) is 19.4 Å². The second-order valence-corrected chi connectivity index (χ2v) is 6.95. The molecule has 152 valence electrons. The summed E-state index contributed by atoms with van der Waals surface area (Å²) in [6.45, 7) is 0. The Morgan fingerprint density at radius 2 is 1.93 bits per heavy atom. The predicted octanol–water partition coefficient (Wildman–Crippen LogP) is 3.78. The first kappa shape index (κ1) is 19.5. The van der Waals surface area contributed by atoms with Crippen LogP contribution in [0, 0.1) is 0 Å². The normalized spacial score (nSPS) is 14.9. The van der Waals surface area contributed by atoms with Gasteiger partial charge in [-0.05, 0) is 36.4 Å². The first-order chi connectivity index (χ1) is 14.5. The van der Waals surface area contributed by atoms with E-state index in [9.17, 15) is 14.7 Å². The first-order valence-electron chi connectivity index (χ1n) is 8.97. The van der Waals surface area contributed by atoms with Crippen molar-refractivity contribution >= 4 is 35.0 Å². The van der Waals surface area contributed by atoms with E-state index in [1.54, 1.807) is 35.0 Å². The molecule has 1 aliphatic rings. The molecule has 1 atom stereocenters. The van der Waals surface area contributed by atoms with Crippen molar-refractivity contribution in [3.8, 4) is 5.75 Å². The monoisotopic (exact) mass is 424 g/mol. The average Bonchev–Trinajstić information content (AvgIpc) is 3.19. The standard InChI is InChI=1S/C21H17ClN4O4/c1-30-18-5-3-2-4-14(18)17-10-16(21(28)29)25-19-15(11-23-26(17)19)20(27)24-13-8-6-12(22)7-9-13/h2-11,17,25H,1H3,(H,24,27)(H,28,29)/t17-/m1/s1. The van der Waals surface area contributed by atoms with Crippen LogP contribution in [0.1, 0.15) is 22.0 Å². The highest BCUT2D eigenvalue weighted by molar-refractivity contribution is 6.30. The molecule has 0 unspecified atom stereocenters. The SMILES string of the molecule is COc1ccccc1[C@H]1C=C(C(=O)O)Nc2c(C(=O)Nc3ccc(Cl)cc3)cnn21. The number of rotatable bonds is 5. The zero-order chi connectivity index (χ0) is 21.3. The smallest absolute Gasteiger partial charge is 0.352 e. The highest BCUT2D eigenvalue weighted by atomic mass is 35.5. The maximum Gasteiger partial charge on any atom is 0.352 e. The van der Waals surface area contributed by atoms with E-state index in [-0.39, 0.29) is 17.1 Å². The Morgan fingerprint density at radius 1 is 1.20 bits per heavy atom. The molecule has 3 N–H and O–H groups in total. The van der Waals surface area contributed by atoms with E-state index in [2.05, 4.69) is 15.7 Å². The molecule has 8 nitrogen and oxygen atoms in total. The third-order valence-corrected chi connectivity index (χ3v) is 4.92. The fraction of sp³-hybridized carbons (Fsp3) is 0.0952. The van der Waals surface area contributed by atoms with Crippen LogP contribution in [-0.2, 0) is 4.79 Å². The molecule has 2 heterocycles. The highest BCUT2D eigenvalue weighted by Gasteiger charge is 2.30. The molecule has 1 aromatic heterocycles. The number of aromatic nitrogens is 2. The lowest BCUT2D eigenvalue weighted by molar-refractivity contribution is -0.132. The van der Waals surface area contributed by atoms with Gasteiger partial charge in [0, 0.05) is 16.3 Å². The quantitative estimate of drug-likeness (QED) is 0.575. The molecule has 0 saturated carbocycles. The topological polar surface area (TPSA) is 105 Å². The zero-order valence-electron chi connectivity index (χ0n) is 15.8. The number of carbonyl (C=O) groups is 2. The van der Waals surface area contributed by atoms with E-state index in [4.69, 9.17) is 16.3 Å². The molecule has 1 amide bonds. The second-order valence-electron chi connectivity index (χ2n) is 6.51. The summed E-state index contributed by atoms with van der Waals surface area (Å²) in [6.07, 6.45) is 2.93. The number of fused-ring (bicyclic) bond motifs is 1. The number of methoxy groups -OCH3 is 1. The average molecular weight is 425 g/mol. The predicted molar refractivity (Wildman–Crippen MR) is 112 cm³/mol. The van der Waals surface area contributed by atoms with Gasteiger partial charge in [-0.1, -0.05) is 29.8 Å². The molecule has 0 saturated heterocycles. The molecule has 9 heteroatoms. The molecule has 0 aliphatic carbocycles. The maximum atomic E-state index is 12.8. The lowest BCUT2D eigenvalue weighted by Gasteiger charge is -2.25. The van der Waals surface area contributed by atoms with E-state index in [0.29, 0.717) is 22.0 Å². The van der Waals surface area contributed by atoms with Crippen molar-refractivity contribution in [3.63, 3.8) is 0 Å². The number of para-hydroxylation sites is 1. The van der Waals surface area contributed by atoms with Gasteiger partial charge in [0.15, 0.2) is 0 Å². The van der Waals surface area contributed by atoms with E-state index < -0.39 is 17.9 Å². The van der Waals surface area contributed by atoms with Crippen LogP contribution in [0.15, 0.2) is 66.5 Å². The van der Waals surface area contributed by atoms with Gasteiger partial charge < -0.3 is 20.5 Å². The number of halogens is 1. The van der Waals surface area contributed by atoms with Crippen LogP contribution < -0.4 is 15.4 Å². The van der Waals surface area contributed by atoms with Crippen molar-refractivity contribution in [2.45, 2.75) is 6.04 Å². The number of anilines is 2. The van der Waals surface area contributed by atoms with Gasteiger partial charge in [0.1, 0.15) is 28.9 Å². The van der Waals surface area contributed by atoms with Crippen LogP contribution in [-0.4, -0.2) is 33.9 Å². The molecular weight excluding hydrogens is 408 g/mol. The zero-order valence-corrected chi connectivity index (χ0v) is 16.6. The molecule has 0 radical (unpaired) electrons. The number of hydrogen-bond donors (Lipinski definition) is 3. The number of carbonyl (C=O) groups excluding carboxylic acids is 1. The molecule has 0 bridgehead atoms. The largest absolute Gasteiger partial charge is 0.496 e. The number of amides is 1. The van der Waals surface area contributed by atoms with Crippen molar-refractivity contribution in [1.82, 2.24) is 9.78 Å². The summed E-state index contributed by atoms with van der Waals surface area (Å²) in [5.41, 5.74) is 1.42. The minimum Gasteiger partial charge on any atom is -0.496 e. The molecule has 30 heavy (non-hydrogen) atoms. The van der Waals surface area contributed by atoms with Crippen molar-refractivity contribution < 1.29 is 19.4 Å². The molecule has 0 fully saturated rings. The number of benzene rings is 2. The maximum absolute atomic E-state index is 12.8. The van der Waals surface area contributed by atoms with Gasteiger partial charge >= 0.3 is 5.97 Å². The fourth-order valence-corrected chi connectivity index (χ4v) is 3.38. The van der Waals surface area contributed by atoms with Gasteiger partial charge in [-0.15, -0.1) is 0 Å². The van der Waals surface area contributed by atoms with E-state index in [1.807, 2.05) is 18.2 Å². The molecule has 3 aromatic rings. The third-order valence-electron chi connectivity index (χ3n) is 4.67. The number of nitrogens with zero attached hydrogens (tertiary/aromatic N) is 2. The molecule has 0 spiro atoms. The summed E-state index contributed by atoms with van der Waals surface area (Å²) in [5.74, 6) is -0.723. The van der Waals surface area contributed by atoms with Crippen LogP contribution in [0.3, 0.4) is 0 Å². The Labute approximate surface area is 176 Å². The minimum absolute atomic E-state index is 0.0561. The molecule has 2 aromatic carbocycles. The number of carboxylic acid groups (broad SMARTS) is 1. The summed E-state index contributed by atoms with van der Waals surface area (Å²) < 4.78 is 6.98. The highest BCUT2D eigenvalue weighted by Crippen LogP contribution is 2.36. The van der Waals surface area contributed by atoms with Crippen molar-refractivity contribution in [3.05, 3.63) is 82.7 Å². The Bertz CT molecular complexity index is 1150. The summed E-state index contributed by atoms with van der Waals surface area (Å²) in [5, 5.41) is 20.0. The summed E-state index contributed by atoms with van der Waals surface area (Å²) in [4.78, 5) is 24.6. The Kier molecular flexibility index (Phi) is 5.16. The van der Waals surface area contributed by atoms with Crippen molar-refractivity contribution in [2.24, 2.45) is 0 Å². The number of aliphatic carboxylic acids is 1. The van der Waals surface area contributed by atoms with Gasteiger partial charge in [-0.3, -0.25) is 4.79 Å². The number of allylic oxidation sites excluding steroid dienone is 1. The number of carboxylic acids is 1. The molecule has 4 rings (SSSR count). The van der Waals surface area contributed by atoms with Crippen LogP contribution >= 0.6 is 11.6 Å². The van der Waals surface area contributed by atoms with Gasteiger partial charge in [0.25, 0.3) is 5.91 Å². The first-order valence-corrected chi connectivity index (χ1v) is 9.35. The Balaban J connectivity index is 1.74. The Hall–Kier alpha value is -3.78. The number of nitrogens with one attached hydrogen (secondary N) is 2. The molecule has 1 aliphatic heterocycles. The Morgan fingerprint density at radius 3 is 2.63 bits per heavy atom. The van der Waals surface area contributed by atoms with Crippen LogP contribution in [0.2, 0.25) is 5.02 Å². The molecular formula is C21H17ClN4O4. The summed E-state index contributed by atoms with van der Waals surface area (Å²) in [7, 11) is 1.54. The lowest BCUT2D eigenvalue weighted by atomic mass is 10.0. The number of hydrogen-bond acceptors (Lipinski definition) is 5. The lowest BCUT2D eigenvalue weighted by Crippen LogP contribution is -2.26. The third kappa shape index (κ3) is 3.60. The minimum atomic E-state index is -1.15.